The van der Waals surface area contributed by atoms with Crippen LogP contribution in [-0.2, 0) is 19.1 Å². The van der Waals surface area contributed by atoms with Crippen LogP contribution in [0.1, 0.15) is 112 Å². The highest BCUT2D eigenvalue weighted by Crippen LogP contribution is 2.54. The van der Waals surface area contributed by atoms with Crippen LogP contribution in [0.15, 0.2) is 55.0 Å². The number of alkyl halides is 1. The van der Waals surface area contributed by atoms with E-state index in [2.05, 4.69) is 20.6 Å². The summed E-state index contributed by atoms with van der Waals surface area (Å²) >= 11 is 1.60. The molecule has 0 bridgehead atoms. The van der Waals surface area contributed by atoms with E-state index in [0.29, 0.717) is 70.9 Å². The highest BCUT2D eigenvalue weighted by molar-refractivity contribution is 7.11. The van der Waals surface area contributed by atoms with Crippen molar-refractivity contribution in [2.24, 2.45) is 11.8 Å². The molecule has 11 rings (SSSR count). The van der Waals surface area contributed by atoms with Crippen LogP contribution < -0.4 is 15.4 Å². The van der Waals surface area contributed by atoms with Crippen molar-refractivity contribution >= 4 is 46.2 Å². The van der Waals surface area contributed by atoms with Crippen LogP contribution in [-0.4, -0.2) is 108 Å². The van der Waals surface area contributed by atoms with Crippen LogP contribution >= 0.6 is 11.3 Å². The van der Waals surface area contributed by atoms with Crippen LogP contribution in [0.25, 0.3) is 44.7 Å². The molecule has 17 nitrogen and oxygen atoms in total. The summed E-state index contributed by atoms with van der Waals surface area (Å²) in [6, 6.07) is 8.08. The number of hydrogen-bond acceptors (Lipinski definition) is 11. The van der Waals surface area contributed by atoms with Crippen LogP contribution in [0, 0.1) is 17.7 Å². The van der Waals surface area contributed by atoms with Crippen molar-refractivity contribution in [3.05, 3.63) is 82.3 Å². The van der Waals surface area contributed by atoms with Gasteiger partial charge in [0.15, 0.2) is 0 Å². The number of alkyl carbamates (subject to hydrolysis) is 2. The molecule has 366 valence electrons. The van der Waals surface area contributed by atoms with Crippen molar-refractivity contribution in [2.75, 3.05) is 20.8 Å². The van der Waals surface area contributed by atoms with Crippen molar-refractivity contribution in [1.82, 2.24) is 49.9 Å². The van der Waals surface area contributed by atoms with Crippen molar-refractivity contribution in [1.29, 1.82) is 0 Å². The molecule has 2 saturated carbocycles. The van der Waals surface area contributed by atoms with Crippen molar-refractivity contribution in [3.63, 3.8) is 0 Å². The van der Waals surface area contributed by atoms with Crippen LogP contribution in [0.4, 0.5) is 18.4 Å². The second-order valence-electron chi connectivity index (χ2n) is 20.0. The van der Waals surface area contributed by atoms with Gasteiger partial charge in [-0.25, -0.2) is 33.3 Å². The number of thiazole rings is 1. The number of halogens is 2. The molecule has 4 amide bonds. The SMILES string of the molecule is COC(=O)NC(C(=O)N1CCC[C@H]1c1ncc(-c2cc(F)c3c(c2)OC(c2cnc(C4CC4)s2)n2c-3cc3cc(-c4cnc([C@@H]5C[C@H]6C[C@H]6N5C(=O)C(NC(=O)OC)C(C)(C)F)[nH]4)ccc32)[nH]1)C(C)C. The highest BCUT2D eigenvalue weighted by Gasteiger charge is 2.57. The standard InChI is InChI=1S/C50H54F2N10O7S/c1-23(2)40(58-48(65)67-5)45(63)60-13-7-8-33(60)42-53-21-31(57-42)26-15-29(51)39-35-17-27-14-25(11-12-32(27)62(35)47(69-37(39)19-26)38-22-55-44(70-38)24-9-10-24)30-20-54-43(56-30)36-18-28-16-34(28)61(36)46(64)41(50(3,4)52)59-49(66)68-6/h11-12,14-15,17,19-24,28,33-34,36,40-41,47H,7-10,13,16,18H2,1-6H3,(H,53,57)(H,54,56)(H,58,65)(H,59,66)/t28-,33+,34-,36+,40?,41?,47?/m1/s1. The minimum atomic E-state index is -2.06. The summed E-state index contributed by atoms with van der Waals surface area (Å²) in [4.78, 5) is 77.5. The number of ether oxygens (including phenoxy) is 3. The molecule has 20 heteroatoms. The number of aromatic nitrogens is 6. The fourth-order valence-electron chi connectivity index (χ4n) is 10.6. The van der Waals surface area contributed by atoms with Crippen molar-refractivity contribution in [3.8, 4) is 39.5 Å². The molecule has 2 saturated heterocycles. The summed E-state index contributed by atoms with van der Waals surface area (Å²) in [7, 11) is 2.43. The Hall–Kier alpha value is -6.83. The normalized spacial score (nSPS) is 22.3. The molecule has 2 aliphatic carbocycles. The van der Waals surface area contributed by atoms with Gasteiger partial charge in [-0.3, -0.25) is 14.2 Å². The lowest BCUT2D eigenvalue weighted by Gasteiger charge is -2.34. The molecule has 3 unspecified atom stereocenters. The molecule has 5 aliphatic rings. The molecule has 0 radical (unpaired) electrons. The number of rotatable bonds is 12. The molecule has 70 heavy (non-hydrogen) atoms. The number of carbonyl (C=O) groups is 4. The number of nitrogens with zero attached hydrogens (tertiary/aromatic N) is 6. The van der Waals surface area contributed by atoms with Gasteiger partial charge in [-0.05, 0) is 94.5 Å². The first kappa shape index (κ1) is 45.6. The van der Waals surface area contributed by atoms with Crippen molar-refractivity contribution < 1.29 is 42.2 Å². The second-order valence-corrected chi connectivity index (χ2v) is 21.0. The maximum Gasteiger partial charge on any atom is 0.407 e. The fraction of sp³-hybridized carbons (Fsp3) is 0.460. The first-order chi connectivity index (χ1) is 33.6. The first-order valence-corrected chi connectivity index (χ1v) is 24.6. The Labute approximate surface area is 405 Å². The monoisotopic (exact) mass is 976 g/mol. The third-order valence-electron chi connectivity index (χ3n) is 14.4. The van der Waals surface area contributed by atoms with Gasteiger partial charge in [0.05, 0.1) is 76.7 Å². The number of amides is 4. The Morgan fingerprint density at radius 3 is 2.29 bits per heavy atom. The molecular weight excluding hydrogens is 923 g/mol. The smallest absolute Gasteiger partial charge is 0.407 e. The number of aromatic amines is 2. The summed E-state index contributed by atoms with van der Waals surface area (Å²) < 4.78 is 50.8. The minimum absolute atomic E-state index is 0.0771. The summed E-state index contributed by atoms with van der Waals surface area (Å²) in [6.07, 6.45) is 8.03. The topological polar surface area (TPSA) is 202 Å². The molecular formula is C50H54F2N10O7S. The third kappa shape index (κ3) is 8.02. The average Bonchev–Trinajstić information content (AvgIpc) is 3.81. The Morgan fingerprint density at radius 2 is 1.59 bits per heavy atom. The van der Waals surface area contributed by atoms with Gasteiger partial charge in [-0.2, -0.15) is 0 Å². The van der Waals surface area contributed by atoms with E-state index in [4.69, 9.17) is 29.2 Å². The zero-order valence-electron chi connectivity index (χ0n) is 39.5. The zero-order valence-corrected chi connectivity index (χ0v) is 40.4. The number of piperidine rings is 1. The van der Waals surface area contributed by atoms with E-state index in [1.807, 2.05) is 54.9 Å². The number of methoxy groups -OCH3 is 2. The number of nitrogens with one attached hydrogen (secondary N) is 4. The van der Waals surface area contributed by atoms with E-state index < -0.39 is 53.9 Å². The quantitative estimate of drug-likeness (QED) is 0.0919. The van der Waals surface area contributed by atoms with E-state index in [1.165, 1.54) is 34.1 Å². The van der Waals surface area contributed by atoms with Gasteiger partial charge in [0.2, 0.25) is 18.0 Å². The van der Waals surface area contributed by atoms with Gasteiger partial charge in [-0.1, -0.05) is 19.9 Å². The molecule has 2 aromatic carbocycles. The Morgan fingerprint density at radius 1 is 0.871 bits per heavy atom. The van der Waals surface area contributed by atoms with Gasteiger partial charge < -0.3 is 44.6 Å². The maximum absolute atomic E-state index is 16.9. The fourth-order valence-corrected chi connectivity index (χ4v) is 11.7. The number of benzene rings is 2. The van der Waals surface area contributed by atoms with Crippen LogP contribution in [0.5, 0.6) is 5.75 Å². The Bertz CT molecular complexity index is 3060. The number of likely N-dealkylation sites (tertiary alicyclic amines) is 2. The maximum atomic E-state index is 16.9. The lowest BCUT2D eigenvalue weighted by molar-refractivity contribution is -0.139. The Kier molecular flexibility index (Phi) is 11.2. The van der Waals surface area contributed by atoms with E-state index in [-0.39, 0.29) is 29.8 Å². The summed E-state index contributed by atoms with van der Waals surface area (Å²) in [6.45, 7) is 6.74. The number of hydrogen-bond donors (Lipinski definition) is 4. The summed E-state index contributed by atoms with van der Waals surface area (Å²) in [5, 5.41) is 6.97. The van der Waals surface area contributed by atoms with Gasteiger partial charge in [0.25, 0.3) is 0 Å². The number of imidazole rings is 2. The molecule has 3 aliphatic heterocycles. The van der Waals surface area contributed by atoms with Gasteiger partial charge in [0, 0.05) is 41.2 Å². The van der Waals surface area contributed by atoms with E-state index in [1.54, 1.807) is 33.5 Å². The second kappa shape index (κ2) is 17.2. The molecule has 7 atom stereocenters. The van der Waals surface area contributed by atoms with E-state index >= 15 is 8.78 Å². The van der Waals surface area contributed by atoms with Crippen LogP contribution in [0.2, 0.25) is 0 Å². The number of H-pyrrole nitrogens is 2. The lowest BCUT2D eigenvalue weighted by atomic mass is 9.98. The van der Waals surface area contributed by atoms with Gasteiger partial charge in [-0.15, -0.1) is 11.3 Å². The summed E-state index contributed by atoms with van der Waals surface area (Å²) in [5.74, 6) is 0.715. The molecule has 7 heterocycles. The summed E-state index contributed by atoms with van der Waals surface area (Å²) in [5.41, 5.74) is 2.28. The molecule has 4 fully saturated rings. The lowest BCUT2D eigenvalue weighted by Crippen LogP contribution is -2.57. The molecule has 4 aromatic heterocycles. The Balaban J connectivity index is 0.909. The first-order valence-electron chi connectivity index (χ1n) is 23.8. The zero-order chi connectivity index (χ0) is 48.9. The molecule has 4 N–H and O–H groups in total. The predicted molar refractivity (Wildman–Crippen MR) is 254 cm³/mol. The van der Waals surface area contributed by atoms with E-state index in [0.717, 1.165) is 52.0 Å². The molecule has 0 spiro atoms. The van der Waals surface area contributed by atoms with Crippen LogP contribution in [0.3, 0.4) is 0 Å². The highest BCUT2D eigenvalue weighted by atomic mass is 32.1. The largest absolute Gasteiger partial charge is 0.464 e. The minimum Gasteiger partial charge on any atom is -0.464 e. The number of carbonyl (C=O) groups excluding carboxylic acids is 4. The van der Waals surface area contributed by atoms with Crippen molar-refractivity contribution in [2.45, 2.75) is 114 Å². The average molecular weight is 977 g/mol. The number of fused-ring (bicyclic) bond motifs is 6. The third-order valence-corrected chi connectivity index (χ3v) is 15.6. The molecule has 6 aromatic rings. The van der Waals surface area contributed by atoms with Gasteiger partial charge in [0.1, 0.15) is 41.0 Å². The predicted octanol–water partition coefficient (Wildman–Crippen LogP) is 8.68. The van der Waals surface area contributed by atoms with Gasteiger partial charge >= 0.3 is 12.2 Å². The van der Waals surface area contributed by atoms with E-state index in [9.17, 15) is 19.2 Å².